The maximum atomic E-state index is 12.6. The van der Waals surface area contributed by atoms with Crippen LogP contribution in [0, 0.1) is 0 Å². The maximum Gasteiger partial charge on any atom is 0.326 e. The van der Waals surface area contributed by atoms with Crippen molar-refractivity contribution in [3.05, 3.63) is 39.0 Å². The summed E-state index contributed by atoms with van der Waals surface area (Å²) in [6.07, 6.45) is 2.02. The molecule has 0 radical (unpaired) electrons. The Labute approximate surface area is 145 Å². The minimum Gasteiger partial charge on any atom is -0.307 e. The van der Waals surface area contributed by atoms with Crippen LogP contribution in [-0.2, 0) is 10.0 Å². The summed E-state index contributed by atoms with van der Waals surface area (Å²) in [5, 5.41) is 0.236. The number of hydrogen-bond acceptors (Lipinski definition) is 5. The highest BCUT2D eigenvalue weighted by molar-refractivity contribution is 7.89. The van der Waals surface area contributed by atoms with Gasteiger partial charge in [-0.1, -0.05) is 0 Å². The third-order valence-corrected chi connectivity index (χ3v) is 6.04. The third-order valence-electron chi connectivity index (χ3n) is 4.62. The van der Waals surface area contributed by atoms with E-state index in [1.54, 1.807) is 0 Å². The van der Waals surface area contributed by atoms with E-state index >= 15 is 0 Å². The number of nitrogens with zero attached hydrogens (tertiary/aromatic N) is 1. The Kier molecular flexibility index (Phi) is 4.81. The van der Waals surface area contributed by atoms with Crippen molar-refractivity contribution in [1.29, 1.82) is 0 Å². The SMILES string of the molecule is CC(C)N1CCC[C@H]1CNS(=O)(=O)c1ccc2c(=O)[nH]c(=O)[nH]c2c1. The first-order valence-corrected chi connectivity index (χ1v) is 9.78. The topological polar surface area (TPSA) is 115 Å². The molecule has 0 bridgehead atoms. The van der Waals surface area contributed by atoms with Crippen LogP contribution in [0.4, 0.5) is 0 Å². The summed E-state index contributed by atoms with van der Waals surface area (Å²) < 4.78 is 27.8. The number of sulfonamides is 1. The first-order chi connectivity index (χ1) is 11.8. The van der Waals surface area contributed by atoms with Gasteiger partial charge in [0.25, 0.3) is 5.56 Å². The molecule has 1 aromatic heterocycles. The summed E-state index contributed by atoms with van der Waals surface area (Å²) in [7, 11) is -3.72. The van der Waals surface area contributed by atoms with Crippen LogP contribution in [0.1, 0.15) is 26.7 Å². The molecular weight excluding hydrogens is 344 g/mol. The Morgan fingerprint density at radius 2 is 2.04 bits per heavy atom. The van der Waals surface area contributed by atoms with Crippen LogP contribution in [0.5, 0.6) is 0 Å². The largest absolute Gasteiger partial charge is 0.326 e. The molecule has 136 valence electrons. The number of aromatic amines is 2. The van der Waals surface area contributed by atoms with E-state index in [1.165, 1.54) is 18.2 Å². The lowest BCUT2D eigenvalue weighted by molar-refractivity contribution is 0.205. The predicted octanol–water partition coefficient (Wildman–Crippen LogP) is 0.368. The molecule has 1 aliphatic rings. The average molecular weight is 366 g/mol. The second-order valence-electron chi connectivity index (χ2n) is 6.60. The molecule has 0 aliphatic carbocycles. The quantitative estimate of drug-likeness (QED) is 0.707. The molecule has 3 rings (SSSR count). The van der Waals surface area contributed by atoms with Crippen molar-refractivity contribution in [3.63, 3.8) is 0 Å². The van der Waals surface area contributed by atoms with E-state index in [0.29, 0.717) is 12.6 Å². The van der Waals surface area contributed by atoms with E-state index < -0.39 is 21.3 Å². The maximum absolute atomic E-state index is 12.6. The van der Waals surface area contributed by atoms with Crippen molar-refractivity contribution in [3.8, 4) is 0 Å². The predicted molar refractivity (Wildman–Crippen MR) is 95.2 cm³/mol. The summed E-state index contributed by atoms with van der Waals surface area (Å²) in [5.41, 5.74) is -1.02. The Morgan fingerprint density at radius 1 is 1.28 bits per heavy atom. The van der Waals surface area contributed by atoms with Gasteiger partial charge in [-0.15, -0.1) is 0 Å². The van der Waals surface area contributed by atoms with Crippen LogP contribution in [0.15, 0.2) is 32.7 Å². The van der Waals surface area contributed by atoms with Crippen LogP contribution < -0.4 is 16.0 Å². The van der Waals surface area contributed by atoms with Crippen LogP contribution in [0.2, 0.25) is 0 Å². The first-order valence-electron chi connectivity index (χ1n) is 8.30. The fraction of sp³-hybridized carbons (Fsp3) is 0.500. The van der Waals surface area contributed by atoms with Gasteiger partial charge in [-0.2, -0.15) is 0 Å². The van der Waals surface area contributed by atoms with E-state index in [1.807, 2.05) is 0 Å². The van der Waals surface area contributed by atoms with Gasteiger partial charge in [0.15, 0.2) is 0 Å². The van der Waals surface area contributed by atoms with E-state index in [0.717, 1.165) is 19.4 Å². The molecule has 9 heteroatoms. The zero-order valence-electron chi connectivity index (χ0n) is 14.2. The van der Waals surface area contributed by atoms with Crippen molar-refractivity contribution in [2.24, 2.45) is 0 Å². The molecule has 0 amide bonds. The zero-order valence-corrected chi connectivity index (χ0v) is 15.0. The lowest BCUT2D eigenvalue weighted by Crippen LogP contribution is -2.43. The van der Waals surface area contributed by atoms with E-state index in [-0.39, 0.29) is 21.8 Å². The lowest BCUT2D eigenvalue weighted by atomic mass is 10.2. The molecule has 3 N–H and O–H groups in total. The number of nitrogens with one attached hydrogen (secondary N) is 3. The van der Waals surface area contributed by atoms with E-state index in [2.05, 4.69) is 33.4 Å². The van der Waals surface area contributed by atoms with Gasteiger partial charge < -0.3 is 4.98 Å². The summed E-state index contributed by atoms with van der Waals surface area (Å²) in [6.45, 7) is 5.52. The minimum atomic E-state index is -3.72. The fourth-order valence-corrected chi connectivity index (χ4v) is 4.46. The van der Waals surface area contributed by atoms with Crippen LogP contribution >= 0.6 is 0 Å². The zero-order chi connectivity index (χ0) is 18.2. The monoisotopic (exact) mass is 366 g/mol. The summed E-state index contributed by atoms with van der Waals surface area (Å²) in [4.78, 5) is 30.0. The summed E-state index contributed by atoms with van der Waals surface area (Å²) >= 11 is 0. The van der Waals surface area contributed by atoms with E-state index in [9.17, 15) is 18.0 Å². The van der Waals surface area contributed by atoms with Crippen molar-refractivity contribution in [2.45, 2.75) is 43.7 Å². The van der Waals surface area contributed by atoms with Crippen LogP contribution in [0.25, 0.3) is 10.9 Å². The van der Waals surface area contributed by atoms with Crippen molar-refractivity contribution >= 4 is 20.9 Å². The van der Waals surface area contributed by atoms with Gasteiger partial charge in [-0.25, -0.2) is 17.9 Å². The van der Waals surface area contributed by atoms with Gasteiger partial charge in [-0.3, -0.25) is 14.7 Å². The number of likely N-dealkylation sites (tertiary alicyclic amines) is 1. The summed E-state index contributed by atoms with van der Waals surface area (Å²) in [5.74, 6) is 0. The number of aromatic nitrogens is 2. The molecule has 0 unspecified atom stereocenters. The average Bonchev–Trinajstić information content (AvgIpc) is 3.01. The molecule has 1 atom stereocenters. The second-order valence-corrected chi connectivity index (χ2v) is 8.36. The minimum absolute atomic E-state index is 0.0235. The second kappa shape index (κ2) is 6.74. The number of H-pyrrole nitrogens is 2. The van der Waals surface area contributed by atoms with Crippen LogP contribution in [-0.4, -0.2) is 48.5 Å². The molecule has 2 heterocycles. The van der Waals surface area contributed by atoms with Crippen LogP contribution in [0.3, 0.4) is 0 Å². The van der Waals surface area contributed by atoms with Crippen molar-refractivity contribution in [2.75, 3.05) is 13.1 Å². The smallest absolute Gasteiger partial charge is 0.307 e. The molecule has 0 spiro atoms. The van der Waals surface area contributed by atoms with Gasteiger partial charge in [0.05, 0.1) is 15.8 Å². The van der Waals surface area contributed by atoms with Gasteiger partial charge in [-0.05, 0) is 51.4 Å². The Morgan fingerprint density at radius 3 is 2.76 bits per heavy atom. The Hall–Kier alpha value is -1.97. The number of rotatable bonds is 5. The van der Waals surface area contributed by atoms with E-state index in [4.69, 9.17) is 0 Å². The normalized spacial score (nSPS) is 19.1. The number of fused-ring (bicyclic) bond motifs is 1. The molecule has 1 aliphatic heterocycles. The van der Waals surface area contributed by atoms with Gasteiger partial charge in [0.1, 0.15) is 0 Å². The fourth-order valence-electron chi connectivity index (χ4n) is 3.36. The van der Waals surface area contributed by atoms with Crippen molar-refractivity contribution in [1.82, 2.24) is 19.6 Å². The molecule has 2 aromatic rings. The Bertz CT molecular complexity index is 993. The molecule has 25 heavy (non-hydrogen) atoms. The number of hydrogen-bond donors (Lipinski definition) is 3. The highest BCUT2D eigenvalue weighted by Crippen LogP contribution is 2.20. The number of benzene rings is 1. The molecule has 8 nitrogen and oxygen atoms in total. The lowest BCUT2D eigenvalue weighted by Gasteiger charge is -2.28. The molecule has 1 saturated heterocycles. The van der Waals surface area contributed by atoms with Gasteiger partial charge in [0.2, 0.25) is 10.0 Å². The Balaban J connectivity index is 1.84. The standard InChI is InChI=1S/C16H22N4O4S/c1-10(2)20-7-3-4-11(20)9-17-25(23,24)12-5-6-13-14(8-12)18-16(22)19-15(13)21/h5-6,8,10-11,17H,3-4,7,9H2,1-2H3,(H2,18,19,21,22)/t11-/m0/s1. The summed E-state index contributed by atoms with van der Waals surface area (Å²) in [6, 6.07) is 4.62. The molecule has 1 fully saturated rings. The molecule has 1 aromatic carbocycles. The molecule has 0 saturated carbocycles. The van der Waals surface area contributed by atoms with Gasteiger partial charge >= 0.3 is 5.69 Å². The van der Waals surface area contributed by atoms with Crippen molar-refractivity contribution < 1.29 is 8.42 Å². The highest BCUT2D eigenvalue weighted by atomic mass is 32.2. The van der Waals surface area contributed by atoms with Gasteiger partial charge in [0, 0.05) is 18.6 Å². The first kappa shape index (κ1) is 17.8. The molecular formula is C16H22N4O4S. The third kappa shape index (κ3) is 3.68. The highest BCUT2D eigenvalue weighted by Gasteiger charge is 2.28.